The van der Waals surface area contributed by atoms with Crippen LogP contribution < -0.4 is 15.6 Å². The molecule has 19 heavy (non-hydrogen) atoms. The summed E-state index contributed by atoms with van der Waals surface area (Å²) < 4.78 is 5.39. The fourth-order valence-electron chi connectivity index (χ4n) is 1.97. The summed E-state index contributed by atoms with van der Waals surface area (Å²) in [4.78, 5) is 12.2. The minimum absolute atomic E-state index is 0.0887. The topological polar surface area (TPSA) is 50.4 Å². The van der Waals surface area contributed by atoms with Crippen molar-refractivity contribution in [2.24, 2.45) is 0 Å². The molecule has 1 aromatic rings. The van der Waals surface area contributed by atoms with E-state index in [2.05, 4.69) is 30.8 Å². The Bertz CT molecular complexity index is 453. The lowest BCUT2D eigenvalue weighted by Crippen LogP contribution is -2.45. The van der Waals surface area contributed by atoms with E-state index in [1.165, 1.54) is 5.56 Å². The molecule has 0 atom stereocenters. The van der Waals surface area contributed by atoms with Gasteiger partial charge in [-0.05, 0) is 31.4 Å². The highest BCUT2D eigenvalue weighted by Gasteiger charge is 2.32. The van der Waals surface area contributed by atoms with Crippen LogP contribution in [0.25, 0.3) is 0 Å². The van der Waals surface area contributed by atoms with Crippen molar-refractivity contribution in [2.75, 3.05) is 14.2 Å². The first-order valence-corrected chi connectivity index (χ1v) is 6.50. The van der Waals surface area contributed by atoms with Gasteiger partial charge in [-0.3, -0.25) is 10.2 Å². The van der Waals surface area contributed by atoms with Crippen molar-refractivity contribution in [1.29, 1.82) is 0 Å². The minimum atomic E-state index is -0.667. The SMILES string of the molecule is CNNC(=O)C(C)(C)c1cc(C(C)C)ccc1OC. The molecule has 0 saturated heterocycles. The standard InChI is InChI=1S/C15H24N2O2/c1-10(2)11-7-8-13(19-6)12(9-11)15(3,4)14(18)17-16-5/h7-10,16H,1-6H3,(H,17,18). The maximum Gasteiger partial charge on any atom is 0.244 e. The highest BCUT2D eigenvalue weighted by atomic mass is 16.5. The van der Waals surface area contributed by atoms with Crippen LogP contribution in [0.1, 0.15) is 44.7 Å². The first-order valence-electron chi connectivity index (χ1n) is 6.50. The highest BCUT2D eigenvalue weighted by Crippen LogP contribution is 2.34. The second-order valence-corrected chi connectivity index (χ2v) is 5.44. The molecule has 1 rings (SSSR count). The zero-order chi connectivity index (χ0) is 14.6. The fraction of sp³-hybridized carbons (Fsp3) is 0.533. The first kappa shape index (κ1) is 15.5. The second-order valence-electron chi connectivity index (χ2n) is 5.44. The number of hydrogen-bond donors (Lipinski definition) is 2. The fourth-order valence-corrected chi connectivity index (χ4v) is 1.97. The molecule has 0 spiro atoms. The summed E-state index contributed by atoms with van der Waals surface area (Å²) in [6, 6.07) is 6.02. The van der Waals surface area contributed by atoms with Crippen LogP contribution in [0.3, 0.4) is 0 Å². The van der Waals surface area contributed by atoms with Gasteiger partial charge in [0.25, 0.3) is 0 Å². The molecule has 0 fully saturated rings. The molecule has 0 aromatic heterocycles. The monoisotopic (exact) mass is 264 g/mol. The van der Waals surface area contributed by atoms with Crippen molar-refractivity contribution in [3.8, 4) is 5.75 Å². The van der Waals surface area contributed by atoms with Gasteiger partial charge in [0, 0.05) is 12.6 Å². The first-order chi connectivity index (χ1) is 8.84. The van der Waals surface area contributed by atoms with Gasteiger partial charge in [-0.15, -0.1) is 0 Å². The number of hydrazine groups is 1. The largest absolute Gasteiger partial charge is 0.496 e. The van der Waals surface area contributed by atoms with Gasteiger partial charge in [0.05, 0.1) is 12.5 Å². The minimum Gasteiger partial charge on any atom is -0.496 e. The Morgan fingerprint density at radius 1 is 1.32 bits per heavy atom. The molecular weight excluding hydrogens is 240 g/mol. The lowest BCUT2D eigenvalue weighted by atomic mass is 9.81. The van der Waals surface area contributed by atoms with Crippen LogP contribution >= 0.6 is 0 Å². The molecular formula is C15H24N2O2. The number of carbonyl (C=O) groups is 1. The zero-order valence-corrected chi connectivity index (χ0v) is 12.6. The van der Waals surface area contributed by atoms with Crippen LogP contribution in [0.2, 0.25) is 0 Å². The van der Waals surface area contributed by atoms with Gasteiger partial charge < -0.3 is 4.74 Å². The highest BCUT2D eigenvalue weighted by molar-refractivity contribution is 5.87. The van der Waals surface area contributed by atoms with E-state index >= 15 is 0 Å². The van der Waals surface area contributed by atoms with Gasteiger partial charge in [-0.1, -0.05) is 26.0 Å². The van der Waals surface area contributed by atoms with Crippen LogP contribution in [0.5, 0.6) is 5.75 Å². The third-order valence-corrected chi connectivity index (χ3v) is 3.37. The molecule has 106 valence electrons. The predicted molar refractivity (Wildman–Crippen MR) is 77.3 cm³/mol. The Morgan fingerprint density at radius 2 is 1.95 bits per heavy atom. The van der Waals surface area contributed by atoms with Crippen LogP contribution in [-0.2, 0) is 10.2 Å². The Labute approximate surface area is 115 Å². The van der Waals surface area contributed by atoms with Gasteiger partial charge in [-0.2, -0.15) is 0 Å². The van der Waals surface area contributed by atoms with Gasteiger partial charge in [0.1, 0.15) is 5.75 Å². The maximum atomic E-state index is 12.2. The molecule has 0 heterocycles. The van der Waals surface area contributed by atoms with Crippen molar-refractivity contribution < 1.29 is 9.53 Å². The van der Waals surface area contributed by atoms with Crippen molar-refractivity contribution >= 4 is 5.91 Å². The van der Waals surface area contributed by atoms with E-state index in [0.29, 0.717) is 5.92 Å². The number of benzene rings is 1. The number of hydrogen-bond acceptors (Lipinski definition) is 3. The molecule has 1 amide bonds. The van der Waals surface area contributed by atoms with E-state index in [0.717, 1.165) is 11.3 Å². The van der Waals surface area contributed by atoms with E-state index in [-0.39, 0.29) is 5.91 Å². The molecule has 0 saturated carbocycles. The summed E-state index contributed by atoms with van der Waals surface area (Å²) in [5.74, 6) is 1.06. The summed E-state index contributed by atoms with van der Waals surface area (Å²) in [7, 11) is 3.30. The van der Waals surface area contributed by atoms with E-state index in [9.17, 15) is 4.79 Å². The van der Waals surface area contributed by atoms with Crippen LogP contribution in [0.4, 0.5) is 0 Å². The number of ether oxygens (including phenoxy) is 1. The zero-order valence-electron chi connectivity index (χ0n) is 12.6. The van der Waals surface area contributed by atoms with Crippen molar-refractivity contribution in [3.05, 3.63) is 29.3 Å². The van der Waals surface area contributed by atoms with Gasteiger partial charge in [0.15, 0.2) is 0 Å². The Hall–Kier alpha value is -1.55. The number of rotatable bonds is 5. The molecule has 4 heteroatoms. The Kier molecular flexibility index (Phi) is 4.95. The summed E-state index contributed by atoms with van der Waals surface area (Å²) in [6.07, 6.45) is 0. The summed E-state index contributed by atoms with van der Waals surface area (Å²) in [5, 5.41) is 0. The van der Waals surface area contributed by atoms with Crippen molar-refractivity contribution in [2.45, 2.75) is 39.0 Å². The maximum absolute atomic E-state index is 12.2. The molecule has 0 radical (unpaired) electrons. The van der Waals surface area contributed by atoms with Gasteiger partial charge >= 0.3 is 0 Å². The molecule has 0 aliphatic heterocycles. The van der Waals surface area contributed by atoms with Crippen molar-refractivity contribution in [1.82, 2.24) is 10.9 Å². The van der Waals surface area contributed by atoms with Crippen LogP contribution in [0.15, 0.2) is 18.2 Å². The number of nitrogens with one attached hydrogen (secondary N) is 2. The molecule has 0 aliphatic carbocycles. The lowest BCUT2D eigenvalue weighted by Gasteiger charge is -2.26. The predicted octanol–water partition coefficient (Wildman–Crippen LogP) is 2.35. The Morgan fingerprint density at radius 3 is 2.42 bits per heavy atom. The average Bonchev–Trinajstić information content (AvgIpc) is 2.38. The Balaban J connectivity index is 3.29. The summed E-state index contributed by atoms with van der Waals surface area (Å²) in [6.45, 7) is 8.04. The molecule has 0 bridgehead atoms. The third-order valence-electron chi connectivity index (χ3n) is 3.37. The van der Waals surface area contributed by atoms with Crippen molar-refractivity contribution in [3.63, 3.8) is 0 Å². The number of carbonyl (C=O) groups excluding carboxylic acids is 1. The molecule has 1 aromatic carbocycles. The molecule has 0 aliphatic rings. The smallest absolute Gasteiger partial charge is 0.244 e. The van der Waals surface area contributed by atoms with E-state index in [1.54, 1.807) is 14.2 Å². The van der Waals surface area contributed by atoms with E-state index in [4.69, 9.17) is 4.74 Å². The second kappa shape index (κ2) is 6.06. The summed E-state index contributed by atoms with van der Waals surface area (Å²) >= 11 is 0. The quantitative estimate of drug-likeness (QED) is 0.803. The average molecular weight is 264 g/mol. The normalized spacial score (nSPS) is 11.5. The number of amides is 1. The summed E-state index contributed by atoms with van der Waals surface area (Å²) in [5.41, 5.74) is 6.74. The van der Waals surface area contributed by atoms with Gasteiger partial charge in [-0.25, -0.2) is 5.43 Å². The van der Waals surface area contributed by atoms with Gasteiger partial charge in [0.2, 0.25) is 5.91 Å². The van der Waals surface area contributed by atoms with E-state index < -0.39 is 5.41 Å². The van der Waals surface area contributed by atoms with Crippen LogP contribution in [-0.4, -0.2) is 20.1 Å². The molecule has 0 unspecified atom stereocenters. The molecule has 2 N–H and O–H groups in total. The third kappa shape index (κ3) is 3.26. The van der Waals surface area contributed by atoms with Crippen LogP contribution in [0, 0.1) is 0 Å². The van der Waals surface area contributed by atoms with E-state index in [1.807, 2.05) is 26.0 Å². The number of methoxy groups -OCH3 is 1. The lowest BCUT2D eigenvalue weighted by molar-refractivity contribution is -0.126. The molecule has 4 nitrogen and oxygen atoms in total.